The minimum Gasteiger partial charge on any atom is -0.494 e. The molecule has 4 rings (SSSR count). The van der Waals surface area contributed by atoms with Crippen LogP contribution >= 0.6 is 11.3 Å². The van der Waals surface area contributed by atoms with E-state index in [0.717, 1.165) is 37.2 Å². The van der Waals surface area contributed by atoms with Gasteiger partial charge in [-0.15, -0.1) is 11.3 Å². The van der Waals surface area contributed by atoms with Crippen molar-refractivity contribution >= 4 is 33.1 Å². The number of nitrogens with one attached hydrogen (secondary N) is 1. The molecule has 3 aromatic rings. The van der Waals surface area contributed by atoms with Crippen molar-refractivity contribution in [2.75, 3.05) is 38.2 Å². The molecule has 1 aliphatic rings. The SMILES string of the molecule is CCOc1ccc(OCC)c(NC(=O)CN2CCC(c3nc4ccccc4s3)CC2)c1. The first-order chi connectivity index (χ1) is 15.2. The number of nitrogens with zero attached hydrogens (tertiary/aromatic N) is 2. The lowest BCUT2D eigenvalue weighted by Gasteiger charge is -2.30. The van der Waals surface area contributed by atoms with Crippen molar-refractivity contribution in [2.45, 2.75) is 32.6 Å². The first-order valence-corrected chi connectivity index (χ1v) is 11.7. The Bertz CT molecular complexity index is 995. The number of rotatable bonds is 8. The predicted molar refractivity (Wildman–Crippen MR) is 125 cm³/mol. The van der Waals surface area contributed by atoms with Crippen LogP contribution in [0.1, 0.15) is 37.6 Å². The quantitative estimate of drug-likeness (QED) is 0.540. The van der Waals surface area contributed by atoms with E-state index in [2.05, 4.69) is 28.4 Å². The highest BCUT2D eigenvalue weighted by Crippen LogP contribution is 2.34. The van der Waals surface area contributed by atoms with Crippen LogP contribution in [0.15, 0.2) is 42.5 Å². The zero-order valence-electron chi connectivity index (χ0n) is 18.1. The number of fused-ring (bicyclic) bond motifs is 1. The van der Waals surface area contributed by atoms with Crippen molar-refractivity contribution in [1.82, 2.24) is 9.88 Å². The lowest BCUT2D eigenvalue weighted by Crippen LogP contribution is -2.38. The lowest BCUT2D eigenvalue weighted by molar-refractivity contribution is -0.117. The van der Waals surface area contributed by atoms with Gasteiger partial charge in [0, 0.05) is 12.0 Å². The Balaban J connectivity index is 1.33. The van der Waals surface area contributed by atoms with Gasteiger partial charge in [0.05, 0.1) is 40.7 Å². The first-order valence-electron chi connectivity index (χ1n) is 10.9. The number of hydrogen-bond donors (Lipinski definition) is 1. The number of benzene rings is 2. The van der Waals surface area contributed by atoms with Gasteiger partial charge >= 0.3 is 0 Å². The van der Waals surface area contributed by atoms with Crippen molar-refractivity contribution in [3.8, 4) is 11.5 Å². The van der Waals surface area contributed by atoms with Crippen molar-refractivity contribution in [2.24, 2.45) is 0 Å². The average molecular weight is 440 g/mol. The Morgan fingerprint density at radius 2 is 1.90 bits per heavy atom. The standard InChI is InChI=1S/C24H29N3O3S/c1-3-29-18-9-10-21(30-4-2)20(15-18)25-23(28)16-27-13-11-17(12-14-27)24-26-19-7-5-6-8-22(19)31-24/h5-10,15,17H,3-4,11-14,16H2,1-2H3,(H,25,28). The summed E-state index contributed by atoms with van der Waals surface area (Å²) in [6.45, 7) is 7.14. The number of para-hydroxylation sites is 1. The number of aromatic nitrogens is 1. The number of piperidine rings is 1. The largest absolute Gasteiger partial charge is 0.494 e. The maximum Gasteiger partial charge on any atom is 0.238 e. The number of thiazole rings is 1. The molecule has 0 unspecified atom stereocenters. The van der Waals surface area contributed by atoms with Crippen LogP contribution in [0.2, 0.25) is 0 Å². The summed E-state index contributed by atoms with van der Waals surface area (Å²) in [6.07, 6.45) is 2.05. The van der Waals surface area contributed by atoms with E-state index in [1.807, 2.05) is 38.1 Å². The maximum absolute atomic E-state index is 12.7. The lowest BCUT2D eigenvalue weighted by atomic mass is 9.97. The van der Waals surface area contributed by atoms with Gasteiger partial charge in [-0.05, 0) is 64.0 Å². The number of ether oxygens (including phenoxy) is 2. The first kappa shape index (κ1) is 21.6. The normalized spacial score (nSPS) is 15.2. The fourth-order valence-corrected chi connectivity index (χ4v) is 5.08. The Morgan fingerprint density at radius 3 is 2.65 bits per heavy atom. The molecule has 0 atom stereocenters. The van der Waals surface area contributed by atoms with Gasteiger partial charge in [0.1, 0.15) is 11.5 Å². The van der Waals surface area contributed by atoms with E-state index >= 15 is 0 Å². The smallest absolute Gasteiger partial charge is 0.238 e. The second-order valence-corrected chi connectivity index (χ2v) is 8.70. The summed E-state index contributed by atoms with van der Waals surface area (Å²) in [6, 6.07) is 13.8. The van der Waals surface area contributed by atoms with E-state index in [-0.39, 0.29) is 5.91 Å². The molecule has 0 saturated carbocycles. The number of carbonyl (C=O) groups excluding carboxylic acids is 1. The van der Waals surface area contributed by atoms with Crippen LogP contribution in [0, 0.1) is 0 Å². The number of anilines is 1. The maximum atomic E-state index is 12.7. The summed E-state index contributed by atoms with van der Waals surface area (Å²) in [5.41, 5.74) is 1.74. The molecule has 6 nitrogen and oxygen atoms in total. The summed E-state index contributed by atoms with van der Waals surface area (Å²) < 4.78 is 12.5. The van der Waals surface area contributed by atoms with Crippen molar-refractivity contribution < 1.29 is 14.3 Å². The third-order valence-electron chi connectivity index (χ3n) is 5.45. The van der Waals surface area contributed by atoms with Gasteiger partial charge in [-0.3, -0.25) is 9.69 Å². The molecule has 0 radical (unpaired) electrons. The monoisotopic (exact) mass is 439 g/mol. The van der Waals surface area contributed by atoms with E-state index in [4.69, 9.17) is 14.5 Å². The molecule has 0 bridgehead atoms. The summed E-state index contributed by atoms with van der Waals surface area (Å²) in [7, 11) is 0. The molecule has 164 valence electrons. The van der Waals surface area contributed by atoms with Crippen LogP contribution in [-0.4, -0.2) is 48.6 Å². The van der Waals surface area contributed by atoms with Crippen molar-refractivity contribution in [3.63, 3.8) is 0 Å². The minimum atomic E-state index is -0.0342. The molecule has 1 saturated heterocycles. The van der Waals surface area contributed by atoms with E-state index in [0.29, 0.717) is 37.1 Å². The highest BCUT2D eigenvalue weighted by molar-refractivity contribution is 7.18. The van der Waals surface area contributed by atoms with E-state index < -0.39 is 0 Å². The Hall–Kier alpha value is -2.64. The molecular weight excluding hydrogens is 410 g/mol. The zero-order chi connectivity index (χ0) is 21.6. The van der Waals surface area contributed by atoms with E-state index in [1.165, 1.54) is 9.71 Å². The minimum absolute atomic E-state index is 0.0342. The fraction of sp³-hybridized carbons (Fsp3) is 0.417. The number of carbonyl (C=O) groups is 1. The third kappa shape index (κ3) is 5.35. The summed E-state index contributed by atoms with van der Waals surface area (Å²) in [5.74, 6) is 1.82. The Morgan fingerprint density at radius 1 is 1.13 bits per heavy atom. The van der Waals surface area contributed by atoms with Gasteiger partial charge in [-0.2, -0.15) is 0 Å². The molecule has 0 aliphatic carbocycles. The van der Waals surface area contributed by atoms with Crippen molar-refractivity contribution in [1.29, 1.82) is 0 Å². The Labute approximate surface area is 187 Å². The second-order valence-electron chi connectivity index (χ2n) is 7.64. The van der Waals surface area contributed by atoms with Crippen LogP contribution in [0.3, 0.4) is 0 Å². The number of hydrogen-bond acceptors (Lipinski definition) is 6. The molecule has 31 heavy (non-hydrogen) atoms. The van der Waals surface area contributed by atoms with Gasteiger partial charge in [0.25, 0.3) is 0 Å². The van der Waals surface area contributed by atoms with E-state index in [9.17, 15) is 4.79 Å². The highest BCUT2D eigenvalue weighted by Gasteiger charge is 2.24. The fourth-order valence-electron chi connectivity index (χ4n) is 3.94. The van der Waals surface area contributed by atoms with E-state index in [1.54, 1.807) is 11.3 Å². The van der Waals surface area contributed by atoms with Crippen LogP contribution in [0.4, 0.5) is 5.69 Å². The van der Waals surface area contributed by atoms with Crippen LogP contribution < -0.4 is 14.8 Å². The molecule has 2 heterocycles. The second kappa shape index (κ2) is 10.1. The summed E-state index contributed by atoms with van der Waals surface area (Å²) in [4.78, 5) is 19.8. The number of likely N-dealkylation sites (tertiary alicyclic amines) is 1. The molecule has 1 amide bonds. The van der Waals surface area contributed by atoms with Gasteiger partial charge < -0.3 is 14.8 Å². The molecule has 1 fully saturated rings. The topological polar surface area (TPSA) is 63.7 Å². The molecule has 1 aliphatic heterocycles. The van der Waals surface area contributed by atoms with Crippen LogP contribution in [0.5, 0.6) is 11.5 Å². The Kier molecular flexibility index (Phi) is 7.04. The zero-order valence-corrected chi connectivity index (χ0v) is 18.9. The third-order valence-corrected chi connectivity index (χ3v) is 6.65. The predicted octanol–water partition coefficient (Wildman–Crippen LogP) is 4.91. The highest BCUT2D eigenvalue weighted by atomic mass is 32.1. The molecule has 0 spiro atoms. The van der Waals surface area contributed by atoms with Crippen LogP contribution in [-0.2, 0) is 4.79 Å². The molecule has 2 aromatic carbocycles. The van der Waals surface area contributed by atoms with Gasteiger partial charge in [0.2, 0.25) is 5.91 Å². The van der Waals surface area contributed by atoms with Crippen LogP contribution in [0.25, 0.3) is 10.2 Å². The molecule has 7 heteroatoms. The van der Waals surface area contributed by atoms with Gasteiger partial charge in [-0.25, -0.2) is 4.98 Å². The summed E-state index contributed by atoms with van der Waals surface area (Å²) in [5, 5.41) is 4.23. The van der Waals surface area contributed by atoms with Gasteiger partial charge in [-0.1, -0.05) is 12.1 Å². The molecule has 1 N–H and O–H groups in total. The molecular formula is C24H29N3O3S. The number of amides is 1. The van der Waals surface area contributed by atoms with Crippen molar-refractivity contribution in [3.05, 3.63) is 47.5 Å². The van der Waals surface area contributed by atoms with Gasteiger partial charge in [0.15, 0.2) is 0 Å². The average Bonchev–Trinajstić information content (AvgIpc) is 3.21. The summed E-state index contributed by atoms with van der Waals surface area (Å²) >= 11 is 1.80. The molecule has 1 aromatic heterocycles.